The zero-order valence-corrected chi connectivity index (χ0v) is 13.5. The lowest BCUT2D eigenvalue weighted by Gasteiger charge is -2.05. The molecule has 0 saturated carbocycles. The molecule has 0 radical (unpaired) electrons. The van der Waals surface area contributed by atoms with Crippen molar-refractivity contribution in [2.24, 2.45) is 0 Å². The number of hydrogen-bond donors (Lipinski definition) is 1. The van der Waals surface area contributed by atoms with Crippen LogP contribution < -0.4 is 4.72 Å². The van der Waals surface area contributed by atoms with Crippen molar-refractivity contribution in [3.8, 4) is 0 Å². The van der Waals surface area contributed by atoms with Crippen LogP contribution in [0.3, 0.4) is 0 Å². The van der Waals surface area contributed by atoms with E-state index in [1.807, 2.05) is 0 Å². The minimum atomic E-state index is -3.94. The molecule has 0 unspecified atom stereocenters. The van der Waals surface area contributed by atoms with Crippen LogP contribution in [0.4, 0.5) is 10.1 Å². The topological polar surface area (TPSA) is 89.3 Å². The van der Waals surface area contributed by atoms with Crippen LogP contribution in [-0.4, -0.2) is 13.3 Å². The SMILES string of the molecule is O=[N+]([O-])c1ccc(S(=O)(=O)NCc2ccc(Br)s2)cc1F. The first-order valence-corrected chi connectivity index (χ1v) is 8.57. The fourth-order valence-corrected chi connectivity index (χ4v) is 4.03. The molecular formula is C11H8BrFN2O4S2. The molecule has 0 bridgehead atoms. The van der Waals surface area contributed by atoms with E-state index in [9.17, 15) is 22.9 Å². The Balaban J connectivity index is 2.19. The third-order valence-corrected chi connectivity index (χ3v) is 5.51. The van der Waals surface area contributed by atoms with Crippen LogP contribution in [0.2, 0.25) is 0 Å². The molecule has 0 saturated heterocycles. The number of thiophene rings is 1. The van der Waals surface area contributed by atoms with E-state index < -0.39 is 26.5 Å². The van der Waals surface area contributed by atoms with Gasteiger partial charge in [0.25, 0.3) is 0 Å². The van der Waals surface area contributed by atoms with Crippen molar-refractivity contribution in [2.75, 3.05) is 0 Å². The molecule has 2 aromatic rings. The van der Waals surface area contributed by atoms with Crippen molar-refractivity contribution in [2.45, 2.75) is 11.4 Å². The van der Waals surface area contributed by atoms with Gasteiger partial charge < -0.3 is 0 Å². The maximum absolute atomic E-state index is 13.5. The van der Waals surface area contributed by atoms with Gasteiger partial charge in [0.05, 0.1) is 13.6 Å². The molecule has 1 heterocycles. The summed E-state index contributed by atoms with van der Waals surface area (Å²) in [4.78, 5) is 9.99. The third-order valence-electron chi connectivity index (χ3n) is 2.49. The number of halogens is 2. The van der Waals surface area contributed by atoms with E-state index in [2.05, 4.69) is 20.7 Å². The predicted molar refractivity (Wildman–Crippen MR) is 79.1 cm³/mol. The van der Waals surface area contributed by atoms with Gasteiger partial charge >= 0.3 is 5.69 Å². The molecule has 1 aromatic heterocycles. The highest BCUT2D eigenvalue weighted by molar-refractivity contribution is 9.11. The van der Waals surface area contributed by atoms with Gasteiger partial charge in [-0.05, 0) is 34.1 Å². The zero-order chi connectivity index (χ0) is 15.6. The highest BCUT2D eigenvalue weighted by Gasteiger charge is 2.20. The Morgan fingerprint density at radius 1 is 1.33 bits per heavy atom. The number of nitrogens with one attached hydrogen (secondary N) is 1. The summed E-state index contributed by atoms with van der Waals surface area (Å²) in [7, 11) is -3.94. The highest BCUT2D eigenvalue weighted by Crippen LogP contribution is 2.23. The first-order valence-electron chi connectivity index (χ1n) is 5.47. The fourth-order valence-electron chi connectivity index (χ4n) is 1.50. The van der Waals surface area contributed by atoms with Crippen LogP contribution in [0, 0.1) is 15.9 Å². The molecule has 0 amide bonds. The Kier molecular flexibility index (Phi) is 4.71. The molecular weight excluding hydrogens is 387 g/mol. The van der Waals surface area contributed by atoms with Crippen LogP contribution in [0.5, 0.6) is 0 Å². The number of nitrogens with zero attached hydrogens (tertiary/aromatic N) is 1. The molecule has 0 aliphatic heterocycles. The molecule has 21 heavy (non-hydrogen) atoms. The van der Waals surface area contributed by atoms with Gasteiger partial charge in [-0.2, -0.15) is 4.39 Å². The summed E-state index contributed by atoms with van der Waals surface area (Å²) in [6, 6.07) is 5.97. The van der Waals surface area contributed by atoms with Gasteiger partial charge in [-0.25, -0.2) is 13.1 Å². The lowest BCUT2D eigenvalue weighted by molar-refractivity contribution is -0.387. The molecule has 0 spiro atoms. The molecule has 1 aromatic carbocycles. The largest absolute Gasteiger partial charge is 0.304 e. The second-order valence-electron chi connectivity index (χ2n) is 3.90. The van der Waals surface area contributed by atoms with Crippen molar-refractivity contribution in [3.05, 3.63) is 54.9 Å². The summed E-state index contributed by atoms with van der Waals surface area (Å²) in [6.07, 6.45) is 0. The molecule has 0 aliphatic rings. The quantitative estimate of drug-likeness (QED) is 0.623. The van der Waals surface area contributed by atoms with Crippen LogP contribution in [-0.2, 0) is 16.6 Å². The molecule has 0 aliphatic carbocycles. The maximum Gasteiger partial charge on any atom is 0.304 e. The fraction of sp³-hybridized carbons (Fsp3) is 0.0909. The number of benzene rings is 1. The van der Waals surface area contributed by atoms with E-state index in [1.54, 1.807) is 12.1 Å². The van der Waals surface area contributed by atoms with Gasteiger partial charge in [0.2, 0.25) is 15.8 Å². The van der Waals surface area contributed by atoms with Crippen molar-refractivity contribution < 1.29 is 17.7 Å². The van der Waals surface area contributed by atoms with Crippen molar-refractivity contribution in [1.82, 2.24) is 4.72 Å². The molecule has 112 valence electrons. The maximum atomic E-state index is 13.5. The van der Waals surface area contributed by atoms with E-state index in [0.717, 1.165) is 20.8 Å². The number of rotatable bonds is 5. The average molecular weight is 395 g/mol. The minimum Gasteiger partial charge on any atom is -0.258 e. The predicted octanol–water partition coefficient (Wildman–Crippen LogP) is 3.04. The summed E-state index contributed by atoms with van der Waals surface area (Å²) in [6.45, 7) is 0.0528. The van der Waals surface area contributed by atoms with Gasteiger partial charge in [0.1, 0.15) is 0 Å². The molecule has 0 atom stereocenters. The molecule has 2 rings (SSSR count). The van der Waals surface area contributed by atoms with Crippen LogP contribution >= 0.6 is 27.3 Å². The summed E-state index contributed by atoms with van der Waals surface area (Å²) in [5, 5.41) is 10.5. The van der Waals surface area contributed by atoms with Crippen LogP contribution in [0.1, 0.15) is 4.88 Å². The Morgan fingerprint density at radius 3 is 2.57 bits per heavy atom. The Hall–Kier alpha value is -1.36. The van der Waals surface area contributed by atoms with Crippen molar-refractivity contribution >= 4 is 43.0 Å². The van der Waals surface area contributed by atoms with E-state index in [4.69, 9.17) is 0 Å². The summed E-state index contributed by atoms with van der Waals surface area (Å²) in [5.74, 6) is -1.19. The summed E-state index contributed by atoms with van der Waals surface area (Å²) >= 11 is 4.62. The molecule has 0 fully saturated rings. The lowest BCUT2D eigenvalue weighted by Crippen LogP contribution is -2.23. The van der Waals surface area contributed by atoms with E-state index >= 15 is 0 Å². The van der Waals surface area contributed by atoms with Crippen molar-refractivity contribution in [3.63, 3.8) is 0 Å². The number of nitro benzene ring substituents is 1. The normalized spacial score (nSPS) is 11.5. The minimum absolute atomic E-state index is 0.0528. The number of sulfonamides is 1. The summed E-state index contributed by atoms with van der Waals surface area (Å²) < 4.78 is 40.6. The molecule has 10 heteroatoms. The summed E-state index contributed by atoms with van der Waals surface area (Å²) in [5.41, 5.74) is -0.767. The standard InChI is InChI=1S/C11H8BrFN2O4S2/c12-11-4-1-7(20-11)6-14-21(18,19)8-2-3-10(15(16)17)9(13)5-8/h1-5,14H,6H2. The average Bonchev–Trinajstić information content (AvgIpc) is 2.82. The Morgan fingerprint density at radius 2 is 2.05 bits per heavy atom. The Labute approximate surface area is 131 Å². The van der Waals surface area contributed by atoms with Gasteiger partial charge in [0.15, 0.2) is 0 Å². The number of hydrogen-bond acceptors (Lipinski definition) is 5. The first kappa shape index (κ1) is 16.0. The number of nitro groups is 1. The monoisotopic (exact) mass is 394 g/mol. The third kappa shape index (κ3) is 3.84. The highest BCUT2D eigenvalue weighted by atomic mass is 79.9. The zero-order valence-electron chi connectivity index (χ0n) is 10.2. The van der Waals surface area contributed by atoms with Gasteiger partial charge in [0, 0.05) is 23.6 Å². The smallest absolute Gasteiger partial charge is 0.258 e. The second kappa shape index (κ2) is 6.18. The van der Waals surface area contributed by atoms with Gasteiger partial charge in [-0.3, -0.25) is 10.1 Å². The van der Waals surface area contributed by atoms with Crippen molar-refractivity contribution in [1.29, 1.82) is 0 Å². The van der Waals surface area contributed by atoms with Gasteiger partial charge in [-0.1, -0.05) is 0 Å². The van der Waals surface area contributed by atoms with Gasteiger partial charge in [-0.15, -0.1) is 11.3 Å². The van der Waals surface area contributed by atoms with E-state index in [-0.39, 0.29) is 11.4 Å². The second-order valence-corrected chi connectivity index (χ2v) is 8.22. The molecule has 1 N–H and O–H groups in total. The molecule has 6 nitrogen and oxygen atoms in total. The van der Waals surface area contributed by atoms with E-state index in [1.165, 1.54) is 11.3 Å². The first-order chi connectivity index (χ1) is 9.79. The van der Waals surface area contributed by atoms with Crippen LogP contribution in [0.15, 0.2) is 39.0 Å². The van der Waals surface area contributed by atoms with E-state index in [0.29, 0.717) is 6.07 Å². The van der Waals surface area contributed by atoms with Crippen LogP contribution in [0.25, 0.3) is 0 Å². The lowest BCUT2D eigenvalue weighted by atomic mass is 10.3. The Bertz CT molecular complexity index is 791.